The molecule has 0 fully saturated rings. The van der Waals surface area contributed by atoms with Crippen molar-refractivity contribution >= 4 is 22.4 Å². The number of nitrogens with zero attached hydrogens (tertiary/aromatic N) is 3. The fourth-order valence-electron chi connectivity index (χ4n) is 2.49. The molecule has 0 saturated heterocycles. The average molecular weight is 342 g/mol. The Kier molecular flexibility index (Phi) is 4.35. The molecular weight excluding hydrogens is 324 g/mol. The highest BCUT2D eigenvalue weighted by Gasteiger charge is 2.18. The summed E-state index contributed by atoms with van der Waals surface area (Å²) in [6.07, 6.45) is 1.62. The van der Waals surface area contributed by atoms with Gasteiger partial charge in [0.15, 0.2) is 5.13 Å². The molecule has 2 aromatic heterocycles. The lowest BCUT2D eigenvalue weighted by Gasteiger charge is -2.04. The Morgan fingerprint density at radius 2 is 2.12 bits per heavy atom. The third kappa shape index (κ3) is 3.16. The number of amides is 1. The number of benzene rings is 1. The number of carbonyl (C=O) groups excluding carboxylic acids is 1. The van der Waals surface area contributed by atoms with Crippen molar-refractivity contribution in [1.29, 1.82) is 0 Å². The van der Waals surface area contributed by atoms with Crippen molar-refractivity contribution in [3.05, 3.63) is 46.5 Å². The molecule has 7 heteroatoms. The summed E-state index contributed by atoms with van der Waals surface area (Å²) in [7, 11) is 3.22. The molecular formula is C17H18N4O2S. The number of hydrogen-bond acceptors (Lipinski definition) is 5. The summed E-state index contributed by atoms with van der Waals surface area (Å²) in [4.78, 5) is 16.9. The normalized spacial score (nSPS) is 10.7. The van der Waals surface area contributed by atoms with Crippen molar-refractivity contribution in [1.82, 2.24) is 14.8 Å². The predicted molar refractivity (Wildman–Crippen MR) is 94.7 cm³/mol. The van der Waals surface area contributed by atoms with Crippen LogP contribution in [-0.2, 0) is 7.05 Å². The standard InChI is InChI=1S/C17H18N4O2S/c1-10-5-6-12(11(2)7-10)14-9-24-17(18-14)19-15(22)13-8-21(3)20-16(13)23-4/h5-9H,1-4H3,(H,18,19,22). The Balaban J connectivity index is 1.82. The van der Waals surface area contributed by atoms with E-state index in [9.17, 15) is 4.79 Å². The van der Waals surface area contributed by atoms with E-state index in [-0.39, 0.29) is 5.91 Å². The van der Waals surface area contributed by atoms with E-state index in [1.54, 1.807) is 13.2 Å². The zero-order valence-electron chi connectivity index (χ0n) is 14.0. The van der Waals surface area contributed by atoms with Gasteiger partial charge < -0.3 is 4.74 Å². The summed E-state index contributed by atoms with van der Waals surface area (Å²) in [5.74, 6) is 0.00244. The van der Waals surface area contributed by atoms with E-state index in [2.05, 4.69) is 47.4 Å². The van der Waals surface area contributed by atoms with Gasteiger partial charge in [-0.2, -0.15) is 0 Å². The molecule has 3 rings (SSSR count). The lowest BCUT2D eigenvalue weighted by atomic mass is 10.0. The molecule has 0 saturated carbocycles. The van der Waals surface area contributed by atoms with Crippen molar-refractivity contribution < 1.29 is 9.53 Å². The van der Waals surface area contributed by atoms with Crippen LogP contribution in [0.2, 0.25) is 0 Å². The molecule has 0 aliphatic heterocycles. The van der Waals surface area contributed by atoms with E-state index >= 15 is 0 Å². The van der Waals surface area contributed by atoms with Crippen molar-refractivity contribution in [2.24, 2.45) is 7.05 Å². The highest BCUT2D eigenvalue weighted by atomic mass is 32.1. The van der Waals surface area contributed by atoms with E-state index < -0.39 is 0 Å². The first-order valence-electron chi connectivity index (χ1n) is 7.40. The van der Waals surface area contributed by atoms with Crippen LogP contribution in [0.25, 0.3) is 11.3 Å². The highest BCUT2D eigenvalue weighted by Crippen LogP contribution is 2.28. The zero-order valence-corrected chi connectivity index (χ0v) is 14.8. The quantitative estimate of drug-likeness (QED) is 0.789. The molecule has 2 heterocycles. The fourth-order valence-corrected chi connectivity index (χ4v) is 3.20. The number of rotatable bonds is 4. The van der Waals surface area contributed by atoms with Crippen LogP contribution in [0.5, 0.6) is 5.88 Å². The molecule has 0 bridgehead atoms. The van der Waals surface area contributed by atoms with Crippen LogP contribution >= 0.6 is 11.3 Å². The number of ether oxygens (including phenoxy) is 1. The average Bonchev–Trinajstić information content (AvgIpc) is 3.13. The minimum absolute atomic E-state index is 0.290. The van der Waals surface area contributed by atoms with E-state index in [0.29, 0.717) is 16.6 Å². The maximum absolute atomic E-state index is 12.4. The summed E-state index contributed by atoms with van der Waals surface area (Å²) in [6, 6.07) is 6.23. The Labute approximate surface area is 144 Å². The monoisotopic (exact) mass is 342 g/mol. The van der Waals surface area contributed by atoms with Crippen LogP contribution in [0.3, 0.4) is 0 Å². The van der Waals surface area contributed by atoms with Gasteiger partial charge in [-0.25, -0.2) is 4.98 Å². The van der Waals surface area contributed by atoms with Crippen molar-refractivity contribution in [2.45, 2.75) is 13.8 Å². The van der Waals surface area contributed by atoms with Gasteiger partial charge in [0.2, 0.25) is 5.88 Å². The molecule has 0 aliphatic carbocycles. The molecule has 124 valence electrons. The summed E-state index contributed by atoms with van der Waals surface area (Å²) in [5.41, 5.74) is 4.67. The minimum atomic E-state index is -0.290. The molecule has 1 aromatic carbocycles. The third-order valence-electron chi connectivity index (χ3n) is 3.62. The molecule has 0 radical (unpaired) electrons. The Morgan fingerprint density at radius 3 is 2.83 bits per heavy atom. The number of aromatic nitrogens is 3. The lowest BCUT2D eigenvalue weighted by molar-refractivity contribution is 0.102. The lowest BCUT2D eigenvalue weighted by Crippen LogP contribution is -2.12. The van der Waals surface area contributed by atoms with Gasteiger partial charge in [0.25, 0.3) is 5.91 Å². The third-order valence-corrected chi connectivity index (χ3v) is 4.37. The maximum atomic E-state index is 12.4. The minimum Gasteiger partial charge on any atom is -0.479 e. The van der Waals surface area contributed by atoms with Gasteiger partial charge >= 0.3 is 0 Å². The van der Waals surface area contributed by atoms with Gasteiger partial charge in [-0.1, -0.05) is 23.8 Å². The first-order chi connectivity index (χ1) is 11.5. The van der Waals surface area contributed by atoms with E-state index in [1.807, 2.05) is 5.38 Å². The van der Waals surface area contributed by atoms with Gasteiger partial charge in [-0.3, -0.25) is 14.8 Å². The van der Waals surface area contributed by atoms with Crippen molar-refractivity contribution in [3.63, 3.8) is 0 Å². The van der Waals surface area contributed by atoms with Crippen LogP contribution in [0.15, 0.2) is 29.8 Å². The first kappa shape index (κ1) is 16.2. The largest absolute Gasteiger partial charge is 0.479 e. The van der Waals surface area contributed by atoms with Gasteiger partial charge in [-0.15, -0.1) is 16.4 Å². The molecule has 6 nitrogen and oxygen atoms in total. The SMILES string of the molecule is COc1nn(C)cc1C(=O)Nc1nc(-c2ccc(C)cc2C)cs1. The Morgan fingerprint density at radius 1 is 1.33 bits per heavy atom. The number of aryl methyl sites for hydroxylation is 3. The van der Waals surface area contributed by atoms with Gasteiger partial charge in [0.05, 0.1) is 12.8 Å². The molecule has 0 unspecified atom stereocenters. The molecule has 3 aromatic rings. The molecule has 0 atom stereocenters. The van der Waals surface area contributed by atoms with Crippen LogP contribution in [0, 0.1) is 13.8 Å². The molecule has 0 spiro atoms. The van der Waals surface area contributed by atoms with Crippen LogP contribution < -0.4 is 10.1 Å². The van der Waals surface area contributed by atoms with Gasteiger partial charge in [0, 0.05) is 24.2 Å². The molecule has 24 heavy (non-hydrogen) atoms. The zero-order chi connectivity index (χ0) is 17.3. The predicted octanol–water partition coefficient (Wildman–Crippen LogP) is 3.42. The number of methoxy groups -OCH3 is 1. The Bertz CT molecular complexity index is 898. The van der Waals surface area contributed by atoms with Crippen LogP contribution in [0.1, 0.15) is 21.5 Å². The number of carbonyl (C=O) groups is 1. The summed E-state index contributed by atoms with van der Waals surface area (Å²) < 4.78 is 6.66. The van der Waals surface area contributed by atoms with E-state index in [1.165, 1.54) is 28.7 Å². The first-order valence-corrected chi connectivity index (χ1v) is 8.28. The second kappa shape index (κ2) is 6.45. The maximum Gasteiger partial charge on any atom is 0.264 e. The van der Waals surface area contributed by atoms with Gasteiger partial charge in [-0.05, 0) is 19.4 Å². The van der Waals surface area contributed by atoms with Crippen molar-refractivity contribution in [2.75, 3.05) is 12.4 Å². The van der Waals surface area contributed by atoms with E-state index in [4.69, 9.17) is 4.74 Å². The van der Waals surface area contributed by atoms with Crippen molar-refractivity contribution in [3.8, 4) is 17.1 Å². The second-order valence-electron chi connectivity index (χ2n) is 5.54. The number of nitrogens with one attached hydrogen (secondary N) is 1. The summed E-state index contributed by atoms with van der Waals surface area (Å²) >= 11 is 1.39. The molecule has 0 aliphatic rings. The fraction of sp³-hybridized carbons (Fsp3) is 0.235. The van der Waals surface area contributed by atoms with Crippen LogP contribution in [0.4, 0.5) is 5.13 Å². The summed E-state index contributed by atoms with van der Waals surface area (Å²) in [5, 5.41) is 9.36. The number of hydrogen-bond donors (Lipinski definition) is 1. The van der Waals surface area contributed by atoms with E-state index in [0.717, 1.165) is 16.8 Å². The highest BCUT2D eigenvalue weighted by molar-refractivity contribution is 7.14. The second-order valence-corrected chi connectivity index (χ2v) is 6.39. The number of thiazole rings is 1. The Hall–Kier alpha value is -2.67. The molecule has 1 amide bonds. The van der Waals surface area contributed by atoms with Crippen LogP contribution in [-0.4, -0.2) is 27.8 Å². The molecule has 1 N–H and O–H groups in total. The number of anilines is 1. The topological polar surface area (TPSA) is 69.0 Å². The smallest absolute Gasteiger partial charge is 0.264 e. The summed E-state index contributed by atoms with van der Waals surface area (Å²) in [6.45, 7) is 4.12. The van der Waals surface area contributed by atoms with Gasteiger partial charge in [0.1, 0.15) is 5.56 Å².